The molecule has 116 valence electrons. The van der Waals surface area contributed by atoms with Crippen molar-refractivity contribution in [3.8, 4) is 5.75 Å². The lowest BCUT2D eigenvalue weighted by atomic mass is 10.2. The van der Waals surface area contributed by atoms with Crippen molar-refractivity contribution < 1.29 is 14.2 Å². The van der Waals surface area contributed by atoms with E-state index in [4.69, 9.17) is 4.74 Å². The van der Waals surface area contributed by atoms with Crippen LogP contribution in [0.4, 0.5) is 5.69 Å². The zero-order chi connectivity index (χ0) is 16.1. The van der Waals surface area contributed by atoms with E-state index in [0.29, 0.717) is 28.4 Å². The zero-order valence-electron chi connectivity index (χ0n) is 12.5. The van der Waals surface area contributed by atoms with Crippen molar-refractivity contribution in [1.29, 1.82) is 0 Å². The van der Waals surface area contributed by atoms with Crippen LogP contribution in [-0.4, -0.2) is 16.2 Å². The highest BCUT2D eigenvalue weighted by Gasteiger charge is 2.07. The minimum Gasteiger partial charge on any atom is -0.487 e. The summed E-state index contributed by atoms with van der Waals surface area (Å²) >= 11 is 0. The molecule has 1 N–H and O–H groups in total. The second-order valence-corrected chi connectivity index (χ2v) is 4.93. The van der Waals surface area contributed by atoms with Gasteiger partial charge in [0.05, 0.1) is 0 Å². The summed E-state index contributed by atoms with van der Waals surface area (Å²) in [5.74, 6) is 0.522. The number of ether oxygens (including phenoxy) is 1. The van der Waals surface area contributed by atoms with Crippen LogP contribution in [0.1, 0.15) is 21.7 Å². The van der Waals surface area contributed by atoms with E-state index in [2.05, 4.69) is 20.3 Å². The molecule has 0 atom stereocenters. The molecule has 0 aliphatic carbocycles. The number of aromatic nitrogens is 2. The maximum absolute atomic E-state index is 12.0. The number of amides is 1. The molecule has 1 amide bonds. The fraction of sp³-hybridized carbons (Fsp3) is 0.118. The number of nitrogens with one attached hydrogen (secondary N) is 1. The van der Waals surface area contributed by atoms with E-state index in [-0.39, 0.29) is 12.5 Å². The van der Waals surface area contributed by atoms with Crippen molar-refractivity contribution in [1.82, 2.24) is 10.3 Å². The first-order valence-corrected chi connectivity index (χ1v) is 7.09. The molecular weight excluding hydrogens is 294 g/mol. The molecule has 2 aromatic carbocycles. The fourth-order valence-electron chi connectivity index (χ4n) is 1.96. The zero-order valence-corrected chi connectivity index (χ0v) is 12.5. The topological polar surface area (TPSA) is 77.2 Å². The summed E-state index contributed by atoms with van der Waals surface area (Å²) in [6, 6.07) is 16.2. The van der Waals surface area contributed by atoms with E-state index >= 15 is 0 Å². The smallest absolute Gasteiger partial charge is 0.255 e. The molecule has 1 aromatic heterocycles. The third-order valence-corrected chi connectivity index (χ3v) is 3.27. The summed E-state index contributed by atoms with van der Waals surface area (Å²) in [7, 11) is 0. The number of hydrogen-bond acceptors (Lipinski definition) is 5. The lowest BCUT2D eigenvalue weighted by Gasteiger charge is -2.07. The second kappa shape index (κ2) is 6.74. The van der Waals surface area contributed by atoms with Gasteiger partial charge in [-0.1, -0.05) is 28.5 Å². The molecule has 6 nitrogen and oxygen atoms in total. The van der Waals surface area contributed by atoms with Gasteiger partial charge in [0.25, 0.3) is 5.91 Å². The second-order valence-electron chi connectivity index (χ2n) is 4.93. The van der Waals surface area contributed by atoms with E-state index < -0.39 is 0 Å². The Morgan fingerprint density at radius 1 is 1.09 bits per heavy atom. The van der Waals surface area contributed by atoms with Crippen LogP contribution in [0, 0.1) is 6.92 Å². The van der Waals surface area contributed by atoms with Crippen LogP contribution in [-0.2, 0) is 6.61 Å². The SMILES string of the molecule is Cc1nonc1COc1ccc(NC(=O)c2ccccc2)cc1. The monoisotopic (exact) mass is 309 g/mol. The summed E-state index contributed by atoms with van der Waals surface area (Å²) in [5, 5.41) is 10.3. The molecule has 1 heterocycles. The molecule has 6 heteroatoms. The van der Waals surface area contributed by atoms with E-state index in [1.54, 1.807) is 43.3 Å². The van der Waals surface area contributed by atoms with Gasteiger partial charge in [-0.3, -0.25) is 4.79 Å². The van der Waals surface area contributed by atoms with Crippen LogP contribution >= 0.6 is 0 Å². The fourth-order valence-corrected chi connectivity index (χ4v) is 1.96. The van der Waals surface area contributed by atoms with Gasteiger partial charge in [0.2, 0.25) is 0 Å². The first kappa shape index (κ1) is 14.8. The third kappa shape index (κ3) is 3.74. The minimum absolute atomic E-state index is 0.149. The first-order chi connectivity index (χ1) is 11.2. The van der Waals surface area contributed by atoms with E-state index in [1.807, 2.05) is 18.2 Å². The number of nitrogens with zero attached hydrogens (tertiary/aromatic N) is 2. The third-order valence-electron chi connectivity index (χ3n) is 3.27. The van der Waals surface area contributed by atoms with Gasteiger partial charge >= 0.3 is 0 Å². The predicted molar refractivity (Wildman–Crippen MR) is 84.2 cm³/mol. The summed E-state index contributed by atoms with van der Waals surface area (Å²) in [5.41, 5.74) is 2.68. The van der Waals surface area contributed by atoms with Crippen LogP contribution < -0.4 is 10.1 Å². The standard InChI is InChI=1S/C17H15N3O3/c1-12-16(20-23-19-12)11-22-15-9-7-14(8-10-15)18-17(21)13-5-3-2-4-6-13/h2-10H,11H2,1H3,(H,18,21). The number of aryl methyl sites for hydroxylation is 1. The summed E-state index contributed by atoms with van der Waals surface area (Å²) in [6.45, 7) is 2.09. The predicted octanol–water partition coefficient (Wildman–Crippen LogP) is 3.21. The van der Waals surface area contributed by atoms with Gasteiger partial charge in [-0.25, -0.2) is 4.63 Å². The Balaban J connectivity index is 1.59. The Kier molecular flexibility index (Phi) is 4.33. The van der Waals surface area contributed by atoms with Gasteiger partial charge in [0.1, 0.15) is 23.7 Å². The minimum atomic E-state index is -0.149. The summed E-state index contributed by atoms with van der Waals surface area (Å²) in [6.07, 6.45) is 0. The van der Waals surface area contributed by atoms with Crippen LogP contribution in [0.5, 0.6) is 5.75 Å². The molecule has 0 fully saturated rings. The molecule has 0 aliphatic rings. The molecule has 0 aliphatic heterocycles. The Labute approximate surface area is 133 Å². The summed E-state index contributed by atoms with van der Waals surface area (Å²) < 4.78 is 10.2. The molecule has 0 saturated heterocycles. The Morgan fingerprint density at radius 2 is 1.83 bits per heavy atom. The van der Waals surface area contributed by atoms with E-state index in [0.717, 1.165) is 0 Å². The molecular formula is C17H15N3O3. The molecule has 23 heavy (non-hydrogen) atoms. The Morgan fingerprint density at radius 3 is 2.48 bits per heavy atom. The number of benzene rings is 2. The lowest BCUT2D eigenvalue weighted by molar-refractivity contribution is 0.102. The average Bonchev–Trinajstić information content (AvgIpc) is 3.00. The van der Waals surface area contributed by atoms with Gasteiger partial charge < -0.3 is 10.1 Å². The van der Waals surface area contributed by atoms with Gasteiger partial charge in [-0.05, 0) is 43.3 Å². The number of rotatable bonds is 5. The van der Waals surface area contributed by atoms with Gasteiger partial charge in [0, 0.05) is 11.3 Å². The Hall–Kier alpha value is -3.15. The number of anilines is 1. The number of carbonyl (C=O) groups is 1. The molecule has 0 unspecified atom stereocenters. The van der Waals surface area contributed by atoms with Gasteiger partial charge in [0.15, 0.2) is 0 Å². The molecule has 0 radical (unpaired) electrons. The van der Waals surface area contributed by atoms with Gasteiger partial charge in [-0.15, -0.1) is 0 Å². The van der Waals surface area contributed by atoms with E-state index in [9.17, 15) is 4.79 Å². The molecule has 3 aromatic rings. The van der Waals surface area contributed by atoms with Crippen molar-refractivity contribution in [2.45, 2.75) is 13.5 Å². The molecule has 0 saturated carbocycles. The lowest BCUT2D eigenvalue weighted by Crippen LogP contribution is -2.11. The highest BCUT2D eigenvalue weighted by molar-refractivity contribution is 6.04. The molecule has 0 spiro atoms. The average molecular weight is 309 g/mol. The van der Waals surface area contributed by atoms with Crippen molar-refractivity contribution in [3.05, 3.63) is 71.5 Å². The quantitative estimate of drug-likeness (QED) is 0.783. The van der Waals surface area contributed by atoms with Crippen LogP contribution in [0.2, 0.25) is 0 Å². The number of carbonyl (C=O) groups excluding carboxylic acids is 1. The number of hydrogen-bond donors (Lipinski definition) is 1. The maximum Gasteiger partial charge on any atom is 0.255 e. The van der Waals surface area contributed by atoms with Crippen LogP contribution in [0.25, 0.3) is 0 Å². The highest BCUT2D eigenvalue weighted by Crippen LogP contribution is 2.18. The van der Waals surface area contributed by atoms with Crippen molar-refractivity contribution in [3.63, 3.8) is 0 Å². The largest absolute Gasteiger partial charge is 0.487 e. The van der Waals surface area contributed by atoms with Gasteiger partial charge in [-0.2, -0.15) is 0 Å². The highest BCUT2D eigenvalue weighted by atomic mass is 16.6. The first-order valence-electron chi connectivity index (χ1n) is 7.09. The molecule has 0 bridgehead atoms. The van der Waals surface area contributed by atoms with Crippen molar-refractivity contribution >= 4 is 11.6 Å². The summed E-state index contributed by atoms with van der Waals surface area (Å²) in [4.78, 5) is 12.0. The van der Waals surface area contributed by atoms with E-state index in [1.165, 1.54) is 0 Å². The van der Waals surface area contributed by atoms with Crippen molar-refractivity contribution in [2.75, 3.05) is 5.32 Å². The molecule has 3 rings (SSSR count). The van der Waals surface area contributed by atoms with Crippen LogP contribution in [0.3, 0.4) is 0 Å². The normalized spacial score (nSPS) is 10.3. The maximum atomic E-state index is 12.0. The van der Waals surface area contributed by atoms with Crippen molar-refractivity contribution in [2.24, 2.45) is 0 Å². The Bertz CT molecular complexity index is 782. The van der Waals surface area contributed by atoms with Crippen LogP contribution in [0.15, 0.2) is 59.2 Å².